The van der Waals surface area contributed by atoms with Gasteiger partial charge in [-0.3, -0.25) is 14.2 Å². The highest BCUT2D eigenvalue weighted by Gasteiger charge is 2.32. The maximum absolute atomic E-state index is 13.3. The molecule has 1 aliphatic heterocycles. The number of benzene rings is 2. The van der Waals surface area contributed by atoms with E-state index in [4.69, 9.17) is 27.7 Å². The van der Waals surface area contributed by atoms with Crippen molar-refractivity contribution in [3.63, 3.8) is 0 Å². The molecule has 1 aliphatic rings. The van der Waals surface area contributed by atoms with Crippen molar-refractivity contribution >= 4 is 69.6 Å². The minimum Gasteiger partial charge on any atom is -0.861 e. The van der Waals surface area contributed by atoms with Crippen LogP contribution < -0.4 is 14.7 Å². The largest absolute Gasteiger partial charge is 0.861 e. The summed E-state index contributed by atoms with van der Waals surface area (Å²) in [7, 11) is 0. The van der Waals surface area contributed by atoms with Crippen LogP contribution in [0.3, 0.4) is 0 Å². The number of hydrogen-bond acceptors (Lipinski definition) is 7. The molecule has 0 saturated carbocycles. The Morgan fingerprint density at radius 3 is 2.56 bits per heavy atom. The minimum atomic E-state index is -0.452. The molecular weight excluding hydrogens is 497 g/mol. The van der Waals surface area contributed by atoms with Crippen molar-refractivity contribution in [1.82, 2.24) is 5.27 Å². The van der Waals surface area contributed by atoms with E-state index in [0.717, 1.165) is 11.8 Å². The van der Waals surface area contributed by atoms with E-state index in [0.29, 0.717) is 26.5 Å². The summed E-state index contributed by atoms with van der Waals surface area (Å²) in [5, 5.41) is 17.4. The molecule has 1 aromatic heterocycles. The molecule has 0 fully saturated rings. The number of thioether (sulfide) groups is 1. The van der Waals surface area contributed by atoms with E-state index in [-0.39, 0.29) is 29.3 Å². The first kappa shape index (κ1) is 24.0. The van der Waals surface area contributed by atoms with Crippen LogP contribution in [0.2, 0.25) is 10.0 Å². The number of hydrogen-bond donors (Lipinski definition) is 0. The quantitative estimate of drug-likeness (QED) is 0.209. The monoisotopic (exact) mass is 515 g/mol. The third kappa shape index (κ3) is 5.32. The average molecular weight is 516 g/mol. The van der Waals surface area contributed by atoms with Gasteiger partial charge in [-0.25, -0.2) is 9.98 Å². The number of para-hydroxylation sites is 1. The Morgan fingerprint density at radius 2 is 1.91 bits per heavy atom. The van der Waals surface area contributed by atoms with Crippen LogP contribution in [0.4, 0.5) is 11.6 Å². The van der Waals surface area contributed by atoms with Crippen LogP contribution in [0.25, 0.3) is 6.08 Å². The van der Waals surface area contributed by atoms with Gasteiger partial charge < -0.3 is 5.11 Å². The van der Waals surface area contributed by atoms with Gasteiger partial charge in [-0.1, -0.05) is 59.2 Å². The van der Waals surface area contributed by atoms with Crippen LogP contribution in [0.15, 0.2) is 74.9 Å². The van der Waals surface area contributed by atoms with Gasteiger partial charge in [-0.05, 0) is 54.8 Å². The standard InChI is InChI=1S/C23H19Cl2N5O3S/c1-14(2)29-12-21(33-28-29)27-20(31)13-34-23-26-19(11-16-17(24)9-6-10-18(16)25)22(32)30(23)15-7-4-3-5-8-15/h3-12,14H,13H2,1-2H3/b19-11-. The second kappa shape index (κ2) is 10.4. The Hall–Kier alpha value is -3.14. The van der Waals surface area contributed by atoms with E-state index in [2.05, 4.69) is 15.3 Å². The van der Waals surface area contributed by atoms with Crippen molar-refractivity contribution < 1.29 is 19.1 Å². The Bertz CT molecular complexity index is 1280. The normalized spacial score (nSPS) is 15.5. The molecule has 0 bridgehead atoms. The van der Waals surface area contributed by atoms with E-state index >= 15 is 0 Å². The fourth-order valence-corrected chi connectivity index (χ4v) is 4.31. The van der Waals surface area contributed by atoms with Crippen molar-refractivity contribution in [2.45, 2.75) is 19.9 Å². The molecule has 2 heterocycles. The number of anilines is 1. The summed E-state index contributed by atoms with van der Waals surface area (Å²) in [5.74, 6) is -0.760. The number of aromatic nitrogens is 2. The Labute approximate surface area is 210 Å². The topological polar surface area (TPSA) is 98.0 Å². The van der Waals surface area contributed by atoms with Gasteiger partial charge in [0.1, 0.15) is 5.70 Å². The summed E-state index contributed by atoms with van der Waals surface area (Å²) >= 11 is 13.6. The van der Waals surface area contributed by atoms with Crippen LogP contribution in [-0.4, -0.2) is 28.0 Å². The molecule has 0 saturated heterocycles. The van der Waals surface area contributed by atoms with Crippen molar-refractivity contribution in [2.75, 3.05) is 10.7 Å². The Morgan fingerprint density at radius 1 is 1.21 bits per heavy atom. The molecular formula is C23H19Cl2N5O3S. The Balaban J connectivity index is 1.61. The summed E-state index contributed by atoms with van der Waals surface area (Å²) in [5.41, 5.74) is 1.26. The lowest BCUT2D eigenvalue weighted by molar-refractivity contribution is -0.779. The van der Waals surface area contributed by atoms with Crippen molar-refractivity contribution in [2.24, 2.45) is 9.98 Å². The lowest BCUT2D eigenvalue weighted by atomic mass is 10.2. The SMILES string of the molecule is CC(C)[n+]1cc(/N=C(\[O-])CSC2=N/C(=C\c3c(Cl)cccc3Cl)C(=O)N2c2ccccc2)on1. The zero-order chi connectivity index (χ0) is 24.2. The number of aliphatic imine (C=N–C) groups is 2. The van der Waals surface area contributed by atoms with Crippen LogP contribution in [0.1, 0.15) is 25.5 Å². The molecule has 11 heteroatoms. The van der Waals surface area contributed by atoms with Gasteiger partial charge in [0, 0.05) is 21.4 Å². The van der Waals surface area contributed by atoms with Gasteiger partial charge in [-0.15, -0.1) is 0 Å². The van der Waals surface area contributed by atoms with Crippen molar-refractivity contribution in [3.05, 3.63) is 76.0 Å². The van der Waals surface area contributed by atoms with Crippen LogP contribution in [0.5, 0.6) is 0 Å². The van der Waals surface area contributed by atoms with Gasteiger partial charge in [0.2, 0.25) is 5.27 Å². The van der Waals surface area contributed by atoms with Crippen LogP contribution in [-0.2, 0) is 4.79 Å². The zero-order valence-electron chi connectivity index (χ0n) is 18.2. The first-order chi connectivity index (χ1) is 16.3. The van der Waals surface area contributed by atoms with Crippen LogP contribution >= 0.6 is 35.0 Å². The van der Waals surface area contributed by atoms with E-state index in [9.17, 15) is 9.90 Å². The van der Waals surface area contributed by atoms with Gasteiger partial charge >= 0.3 is 5.88 Å². The van der Waals surface area contributed by atoms with E-state index in [1.165, 1.54) is 4.90 Å². The lowest BCUT2D eigenvalue weighted by Gasteiger charge is -2.18. The fraction of sp³-hybridized carbons (Fsp3) is 0.174. The molecule has 2 aromatic carbocycles. The molecule has 34 heavy (non-hydrogen) atoms. The second-order valence-electron chi connectivity index (χ2n) is 7.44. The Kier molecular flexibility index (Phi) is 7.35. The smallest absolute Gasteiger partial charge is 0.320 e. The number of carbonyl (C=O) groups is 1. The number of amides is 1. The molecule has 0 radical (unpaired) electrons. The third-order valence-electron chi connectivity index (χ3n) is 4.68. The molecule has 0 aliphatic carbocycles. The van der Waals surface area contributed by atoms with Gasteiger partial charge in [0.15, 0.2) is 11.2 Å². The zero-order valence-corrected chi connectivity index (χ0v) is 20.5. The molecule has 0 N–H and O–H groups in total. The predicted octanol–water partition coefficient (Wildman–Crippen LogP) is 4.42. The molecule has 0 unspecified atom stereocenters. The highest BCUT2D eigenvalue weighted by atomic mass is 35.5. The first-order valence-corrected chi connectivity index (χ1v) is 12.0. The van der Waals surface area contributed by atoms with Crippen LogP contribution in [0, 0.1) is 0 Å². The molecule has 3 aromatic rings. The van der Waals surface area contributed by atoms with Crippen molar-refractivity contribution in [3.8, 4) is 0 Å². The number of nitrogens with zero attached hydrogens (tertiary/aromatic N) is 5. The molecule has 174 valence electrons. The fourth-order valence-electron chi connectivity index (χ4n) is 3.01. The molecule has 0 spiro atoms. The number of halogens is 2. The highest BCUT2D eigenvalue weighted by molar-refractivity contribution is 8.14. The highest BCUT2D eigenvalue weighted by Crippen LogP contribution is 2.32. The summed E-state index contributed by atoms with van der Waals surface area (Å²) in [4.78, 5) is 23.1. The van der Waals surface area contributed by atoms with Gasteiger partial charge in [-0.2, -0.15) is 0 Å². The number of rotatable bonds is 6. The maximum atomic E-state index is 13.3. The summed E-state index contributed by atoms with van der Waals surface area (Å²) in [6, 6.07) is 14.2. The van der Waals surface area contributed by atoms with E-state index in [1.807, 2.05) is 32.0 Å². The van der Waals surface area contributed by atoms with Gasteiger partial charge in [0.25, 0.3) is 12.1 Å². The molecule has 4 rings (SSSR count). The van der Waals surface area contributed by atoms with E-state index < -0.39 is 5.90 Å². The summed E-state index contributed by atoms with van der Waals surface area (Å²) in [6.45, 7) is 3.86. The first-order valence-electron chi connectivity index (χ1n) is 10.2. The molecule has 1 amide bonds. The summed E-state index contributed by atoms with van der Waals surface area (Å²) < 4.78 is 6.63. The maximum Gasteiger partial charge on any atom is 0.320 e. The number of amidine groups is 1. The minimum absolute atomic E-state index is 0.0576. The number of carbonyl (C=O) groups excluding carboxylic acids is 1. The van der Waals surface area contributed by atoms with Gasteiger partial charge in [0.05, 0.1) is 5.69 Å². The third-order valence-corrected chi connectivity index (χ3v) is 6.27. The predicted molar refractivity (Wildman–Crippen MR) is 132 cm³/mol. The summed E-state index contributed by atoms with van der Waals surface area (Å²) in [6.07, 6.45) is 3.09. The molecule has 0 atom stereocenters. The average Bonchev–Trinajstić information content (AvgIpc) is 3.40. The second-order valence-corrected chi connectivity index (χ2v) is 9.20. The lowest BCUT2D eigenvalue weighted by Crippen LogP contribution is -2.36. The van der Waals surface area contributed by atoms with E-state index in [1.54, 1.807) is 47.3 Å². The molecule has 8 nitrogen and oxygen atoms in total. The van der Waals surface area contributed by atoms with Crippen molar-refractivity contribution in [1.29, 1.82) is 0 Å².